The van der Waals surface area contributed by atoms with E-state index in [1.165, 1.54) is 0 Å². The maximum absolute atomic E-state index is 10.0. The Bertz CT molecular complexity index is 690. The van der Waals surface area contributed by atoms with E-state index in [9.17, 15) is 5.11 Å². The van der Waals surface area contributed by atoms with Crippen LogP contribution in [-0.4, -0.2) is 26.2 Å². The van der Waals surface area contributed by atoms with E-state index in [-0.39, 0.29) is 0 Å². The summed E-state index contributed by atoms with van der Waals surface area (Å²) < 4.78 is 6.89. The number of furan rings is 1. The minimum atomic E-state index is -0.700. The van der Waals surface area contributed by atoms with E-state index in [1.54, 1.807) is 29.1 Å². The van der Waals surface area contributed by atoms with Crippen LogP contribution < -0.4 is 5.32 Å². The third-order valence-corrected chi connectivity index (χ3v) is 3.12. The monoisotopic (exact) mass is 272 g/mol. The van der Waals surface area contributed by atoms with Gasteiger partial charge in [-0.15, -0.1) is 0 Å². The average molecular weight is 272 g/mol. The number of aliphatic hydroxyl groups excluding tert-OH is 1. The van der Waals surface area contributed by atoms with E-state index in [0.717, 1.165) is 23.6 Å². The lowest BCUT2D eigenvalue weighted by molar-refractivity contribution is 0.162. The zero-order valence-electron chi connectivity index (χ0n) is 11.2. The van der Waals surface area contributed by atoms with Crippen molar-refractivity contribution >= 4 is 11.5 Å². The van der Waals surface area contributed by atoms with Crippen molar-refractivity contribution in [1.82, 2.24) is 14.6 Å². The topological polar surface area (TPSA) is 75.6 Å². The summed E-state index contributed by atoms with van der Waals surface area (Å²) in [5, 5.41) is 17.4. The smallest absolute Gasteiger partial charge is 0.157 e. The molecule has 3 aromatic rings. The van der Waals surface area contributed by atoms with Gasteiger partial charge >= 0.3 is 0 Å². The molecule has 3 rings (SSSR count). The van der Waals surface area contributed by atoms with E-state index in [2.05, 4.69) is 22.3 Å². The predicted octanol–water partition coefficient (Wildman–Crippen LogP) is 2.03. The van der Waals surface area contributed by atoms with Crippen molar-refractivity contribution in [2.75, 3.05) is 11.9 Å². The van der Waals surface area contributed by atoms with E-state index < -0.39 is 6.10 Å². The summed E-state index contributed by atoms with van der Waals surface area (Å²) in [6.45, 7) is 2.40. The number of aliphatic hydroxyl groups is 1. The largest absolute Gasteiger partial charge is 0.467 e. The second-order valence-electron chi connectivity index (χ2n) is 4.50. The minimum absolute atomic E-state index is 0.343. The number of aromatic nitrogens is 3. The van der Waals surface area contributed by atoms with Gasteiger partial charge in [0.25, 0.3) is 0 Å². The highest BCUT2D eigenvalue weighted by atomic mass is 16.4. The highest BCUT2D eigenvalue weighted by molar-refractivity contribution is 5.49. The molecule has 0 aliphatic heterocycles. The zero-order valence-corrected chi connectivity index (χ0v) is 11.2. The molecule has 0 fully saturated rings. The van der Waals surface area contributed by atoms with Gasteiger partial charge in [0.2, 0.25) is 0 Å². The first-order valence-corrected chi connectivity index (χ1v) is 6.57. The molecule has 104 valence electrons. The van der Waals surface area contributed by atoms with Crippen LogP contribution in [0.5, 0.6) is 0 Å². The van der Waals surface area contributed by atoms with Crippen molar-refractivity contribution in [2.45, 2.75) is 19.4 Å². The van der Waals surface area contributed by atoms with Crippen LogP contribution in [0.3, 0.4) is 0 Å². The number of rotatable bonds is 5. The van der Waals surface area contributed by atoms with Crippen molar-refractivity contribution in [1.29, 1.82) is 0 Å². The van der Waals surface area contributed by atoms with Gasteiger partial charge in [0.15, 0.2) is 5.65 Å². The molecular formula is C14H16N4O2. The Hall–Kier alpha value is -2.34. The highest BCUT2D eigenvalue weighted by Crippen LogP contribution is 2.16. The molecule has 0 saturated heterocycles. The van der Waals surface area contributed by atoms with E-state index in [4.69, 9.17) is 4.42 Å². The summed E-state index contributed by atoms with van der Waals surface area (Å²) in [4.78, 5) is 4.47. The highest BCUT2D eigenvalue weighted by Gasteiger charge is 2.12. The number of fused-ring (bicyclic) bond motifs is 1. The molecule has 0 aliphatic carbocycles. The van der Waals surface area contributed by atoms with Gasteiger partial charge in [0, 0.05) is 24.4 Å². The van der Waals surface area contributed by atoms with Crippen LogP contribution in [0.1, 0.15) is 24.5 Å². The molecule has 3 heterocycles. The SMILES string of the molecule is CCc1cc(NC[C@H](O)c2ccco2)n2nccc2n1. The number of hydrogen-bond acceptors (Lipinski definition) is 5. The van der Waals surface area contributed by atoms with Crippen LogP contribution >= 0.6 is 0 Å². The summed E-state index contributed by atoms with van der Waals surface area (Å²) in [7, 11) is 0. The van der Waals surface area contributed by atoms with Crippen molar-refractivity contribution in [3.8, 4) is 0 Å². The molecule has 2 N–H and O–H groups in total. The Morgan fingerprint density at radius 2 is 2.35 bits per heavy atom. The van der Waals surface area contributed by atoms with Crippen molar-refractivity contribution < 1.29 is 9.52 Å². The summed E-state index contributed by atoms with van der Waals surface area (Å²) in [5.41, 5.74) is 1.77. The standard InChI is InChI=1S/C14H16N4O2/c1-2-10-8-14(18-13(17-10)5-6-16-18)15-9-11(19)12-4-3-7-20-12/h3-8,11,15,19H,2,9H2,1H3/t11-/m0/s1. The molecule has 20 heavy (non-hydrogen) atoms. The molecule has 6 heteroatoms. The van der Waals surface area contributed by atoms with Gasteiger partial charge in [-0.25, -0.2) is 4.98 Å². The fourth-order valence-corrected chi connectivity index (χ4v) is 2.05. The Balaban J connectivity index is 1.81. The first-order chi connectivity index (χ1) is 9.78. The van der Waals surface area contributed by atoms with Gasteiger partial charge < -0.3 is 14.8 Å². The Morgan fingerprint density at radius 1 is 1.45 bits per heavy atom. The number of hydrogen-bond donors (Lipinski definition) is 2. The van der Waals surface area contributed by atoms with Crippen molar-refractivity contribution in [2.24, 2.45) is 0 Å². The number of nitrogens with zero attached hydrogens (tertiary/aromatic N) is 3. The lowest BCUT2D eigenvalue weighted by atomic mass is 10.2. The van der Waals surface area contributed by atoms with Gasteiger partial charge in [-0.2, -0.15) is 9.61 Å². The first kappa shape index (κ1) is 12.7. The summed E-state index contributed by atoms with van der Waals surface area (Å²) in [5.74, 6) is 1.35. The molecular weight excluding hydrogens is 256 g/mol. The van der Waals surface area contributed by atoms with Gasteiger partial charge in [-0.3, -0.25) is 0 Å². The predicted molar refractivity (Wildman–Crippen MR) is 74.5 cm³/mol. The molecule has 0 unspecified atom stereocenters. The third kappa shape index (κ3) is 2.37. The van der Waals surface area contributed by atoms with Crippen LogP contribution in [-0.2, 0) is 6.42 Å². The fourth-order valence-electron chi connectivity index (χ4n) is 2.05. The molecule has 0 amide bonds. The minimum Gasteiger partial charge on any atom is -0.467 e. The molecule has 0 aliphatic rings. The van der Waals surface area contributed by atoms with Crippen LogP contribution in [0.25, 0.3) is 5.65 Å². The number of nitrogens with one attached hydrogen (secondary N) is 1. The summed E-state index contributed by atoms with van der Waals surface area (Å²) >= 11 is 0. The quantitative estimate of drug-likeness (QED) is 0.743. The average Bonchev–Trinajstić information content (AvgIpc) is 3.14. The molecule has 0 bridgehead atoms. The van der Waals surface area contributed by atoms with Gasteiger partial charge in [-0.05, 0) is 18.6 Å². The molecule has 0 aromatic carbocycles. The van der Waals surface area contributed by atoms with Crippen LogP contribution in [0, 0.1) is 0 Å². The Kier molecular flexibility index (Phi) is 3.39. The summed E-state index contributed by atoms with van der Waals surface area (Å²) in [6.07, 6.45) is 3.40. The lowest BCUT2D eigenvalue weighted by Gasteiger charge is -2.12. The van der Waals surface area contributed by atoms with Crippen molar-refractivity contribution in [3.63, 3.8) is 0 Å². The van der Waals surface area contributed by atoms with Crippen molar-refractivity contribution in [3.05, 3.63) is 48.2 Å². The van der Waals surface area contributed by atoms with E-state index in [0.29, 0.717) is 12.3 Å². The molecule has 0 spiro atoms. The molecule has 0 saturated carbocycles. The Labute approximate surface area is 116 Å². The lowest BCUT2D eigenvalue weighted by Crippen LogP contribution is -2.14. The van der Waals surface area contributed by atoms with Crippen LogP contribution in [0.2, 0.25) is 0 Å². The van der Waals surface area contributed by atoms with Gasteiger partial charge in [0.05, 0.1) is 12.5 Å². The second kappa shape index (κ2) is 5.34. The second-order valence-corrected chi connectivity index (χ2v) is 4.50. The zero-order chi connectivity index (χ0) is 13.9. The Morgan fingerprint density at radius 3 is 3.10 bits per heavy atom. The van der Waals surface area contributed by atoms with E-state index in [1.807, 2.05) is 12.1 Å². The fraction of sp³-hybridized carbons (Fsp3) is 0.286. The molecule has 3 aromatic heterocycles. The molecule has 1 atom stereocenters. The normalized spacial score (nSPS) is 12.7. The molecule has 0 radical (unpaired) electrons. The van der Waals surface area contributed by atoms with Crippen LogP contribution in [0.4, 0.5) is 5.82 Å². The molecule has 6 nitrogen and oxygen atoms in total. The number of aryl methyl sites for hydroxylation is 1. The maximum Gasteiger partial charge on any atom is 0.157 e. The van der Waals surface area contributed by atoms with Gasteiger partial charge in [0.1, 0.15) is 17.7 Å². The number of anilines is 1. The third-order valence-electron chi connectivity index (χ3n) is 3.12. The van der Waals surface area contributed by atoms with Crippen LogP contribution in [0.15, 0.2) is 41.1 Å². The summed E-state index contributed by atoms with van der Waals surface area (Å²) in [6, 6.07) is 7.30. The maximum atomic E-state index is 10.0. The first-order valence-electron chi connectivity index (χ1n) is 6.57. The van der Waals surface area contributed by atoms with Gasteiger partial charge in [-0.1, -0.05) is 6.92 Å². The van der Waals surface area contributed by atoms with E-state index >= 15 is 0 Å².